The molecule has 0 spiro atoms. The Balaban J connectivity index is 1.52. The number of rotatable bonds is 13. The Bertz CT molecular complexity index is 1160. The first-order valence-electron chi connectivity index (χ1n) is 12.1. The Morgan fingerprint density at radius 2 is 1.38 bits per heavy atom. The SMILES string of the molecule is C=CCOCCOc1ccc(C(=O)Oc2ccc(-c3ccc(OC(=O)C(Br)C(C)CC)cc3)cc2)cc1. The summed E-state index contributed by atoms with van der Waals surface area (Å²) in [6.45, 7) is 8.97. The van der Waals surface area contributed by atoms with Crippen LogP contribution in [0.15, 0.2) is 85.5 Å². The van der Waals surface area contributed by atoms with Crippen LogP contribution < -0.4 is 14.2 Å². The van der Waals surface area contributed by atoms with E-state index in [0.717, 1.165) is 17.5 Å². The van der Waals surface area contributed by atoms with Crippen LogP contribution in [-0.4, -0.2) is 36.6 Å². The van der Waals surface area contributed by atoms with E-state index in [0.29, 0.717) is 42.6 Å². The van der Waals surface area contributed by atoms with Crippen LogP contribution in [0.5, 0.6) is 17.2 Å². The third kappa shape index (κ3) is 8.58. The second kappa shape index (κ2) is 14.4. The minimum absolute atomic E-state index is 0.186. The summed E-state index contributed by atoms with van der Waals surface area (Å²) >= 11 is 3.41. The number of carbonyl (C=O) groups excluding carboxylic acids is 2. The number of alkyl halides is 1. The highest BCUT2D eigenvalue weighted by Gasteiger charge is 2.22. The monoisotopic (exact) mass is 566 g/mol. The highest BCUT2D eigenvalue weighted by molar-refractivity contribution is 9.10. The summed E-state index contributed by atoms with van der Waals surface area (Å²) in [5.74, 6) is 1.00. The van der Waals surface area contributed by atoms with Crippen LogP contribution in [-0.2, 0) is 9.53 Å². The minimum Gasteiger partial charge on any atom is -0.491 e. The molecule has 2 atom stereocenters. The Labute approximate surface area is 226 Å². The number of benzene rings is 3. The van der Waals surface area contributed by atoms with Crippen LogP contribution in [0.25, 0.3) is 11.1 Å². The first kappa shape index (κ1) is 28.2. The lowest BCUT2D eigenvalue weighted by molar-refractivity contribution is -0.134. The molecular weight excluding hydrogens is 536 g/mol. The van der Waals surface area contributed by atoms with E-state index in [9.17, 15) is 9.59 Å². The summed E-state index contributed by atoms with van der Waals surface area (Å²) in [4.78, 5) is 24.4. The predicted molar refractivity (Wildman–Crippen MR) is 148 cm³/mol. The molecule has 0 saturated heterocycles. The third-order valence-electron chi connectivity index (χ3n) is 5.66. The van der Waals surface area contributed by atoms with Gasteiger partial charge in [-0.15, -0.1) is 6.58 Å². The molecule has 0 aromatic heterocycles. The summed E-state index contributed by atoms with van der Waals surface area (Å²) in [5, 5.41) is 0. The molecule has 2 unspecified atom stereocenters. The maximum atomic E-state index is 12.5. The normalized spacial score (nSPS) is 12.3. The maximum Gasteiger partial charge on any atom is 0.343 e. The summed E-state index contributed by atoms with van der Waals surface area (Å²) < 4.78 is 21.8. The number of esters is 2. The van der Waals surface area contributed by atoms with E-state index in [4.69, 9.17) is 18.9 Å². The standard InChI is InChI=1S/C30H31BrO6/c1-4-18-34-19-20-35-25-12-10-24(11-13-25)29(32)36-26-14-6-22(7-15-26)23-8-16-27(17-9-23)37-30(33)28(31)21(3)5-2/h4,6-17,21,28H,1,5,18-20H2,2-3H3. The summed E-state index contributed by atoms with van der Waals surface area (Å²) in [5.41, 5.74) is 2.30. The molecule has 0 amide bonds. The van der Waals surface area contributed by atoms with Crippen molar-refractivity contribution >= 4 is 27.9 Å². The maximum absolute atomic E-state index is 12.5. The van der Waals surface area contributed by atoms with Gasteiger partial charge in [0.1, 0.15) is 28.7 Å². The first-order valence-corrected chi connectivity index (χ1v) is 13.0. The third-order valence-corrected chi connectivity index (χ3v) is 6.94. The molecule has 0 aliphatic carbocycles. The number of hydrogen-bond acceptors (Lipinski definition) is 6. The molecule has 3 rings (SSSR count). The molecule has 0 fully saturated rings. The fourth-order valence-corrected chi connectivity index (χ4v) is 3.75. The zero-order valence-corrected chi connectivity index (χ0v) is 22.6. The van der Waals surface area contributed by atoms with Crippen molar-refractivity contribution in [2.45, 2.75) is 25.1 Å². The lowest BCUT2D eigenvalue weighted by Crippen LogP contribution is -2.26. The minimum atomic E-state index is -0.456. The molecule has 0 bridgehead atoms. The van der Waals surface area contributed by atoms with E-state index in [1.165, 1.54) is 0 Å². The predicted octanol–water partition coefficient (Wildman–Crippen LogP) is 6.87. The van der Waals surface area contributed by atoms with Crippen molar-refractivity contribution < 1.29 is 28.5 Å². The Morgan fingerprint density at radius 3 is 1.92 bits per heavy atom. The fraction of sp³-hybridized carbons (Fsp3) is 0.267. The first-order chi connectivity index (χ1) is 17.9. The van der Waals surface area contributed by atoms with Crippen LogP contribution in [0.1, 0.15) is 30.6 Å². The molecule has 0 saturated carbocycles. The van der Waals surface area contributed by atoms with Crippen molar-refractivity contribution in [3.8, 4) is 28.4 Å². The van der Waals surface area contributed by atoms with Gasteiger partial charge >= 0.3 is 11.9 Å². The molecule has 3 aromatic carbocycles. The van der Waals surface area contributed by atoms with Crippen molar-refractivity contribution in [3.05, 3.63) is 91.0 Å². The molecular formula is C30H31BrO6. The lowest BCUT2D eigenvalue weighted by Gasteiger charge is -2.15. The number of hydrogen-bond donors (Lipinski definition) is 0. The number of carbonyl (C=O) groups is 2. The molecule has 6 nitrogen and oxygen atoms in total. The second-order valence-corrected chi connectivity index (χ2v) is 9.37. The van der Waals surface area contributed by atoms with Gasteiger partial charge in [0.15, 0.2) is 0 Å². The topological polar surface area (TPSA) is 71.1 Å². The van der Waals surface area contributed by atoms with Gasteiger partial charge in [0.25, 0.3) is 0 Å². The smallest absolute Gasteiger partial charge is 0.343 e. The fourth-order valence-electron chi connectivity index (χ4n) is 3.28. The molecule has 0 heterocycles. The van der Waals surface area contributed by atoms with Crippen LogP contribution in [0, 0.1) is 5.92 Å². The molecule has 0 aliphatic heterocycles. The zero-order chi connectivity index (χ0) is 26.6. The summed E-state index contributed by atoms with van der Waals surface area (Å²) in [6, 6.07) is 21.3. The van der Waals surface area contributed by atoms with Crippen LogP contribution in [0.3, 0.4) is 0 Å². The van der Waals surface area contributed by atoms with E-state index in [-0.39, 0.29) is 16.7 Å². The number of ether oxygens (including phenoxy) is 4. The second-order valence-electron chi connectivity index (χ2n) is 8.38. The van der Waals surface area contributed by atoms with Crippen LogP contribution >= 0.6 is 15.9 Å². The molecule has 3 aromatic rings. The van der Waals surface area contributed by atoms with Crippen molar-refractivity contribution in [2.75, 3.05) is 19.8 Å². The van der Waals surface area contributed by atoms with Crippen LogP contribution in [0.2, 0.25) is 0 Å². The van der Waals surface area contributed by atoms with E-state index >= 15 is 0 Å². The largest absolute Gasteiger partial charge is 0.491 e. The van der Waals surface area contributed by atoms with Gasteiger partial charge in [-0.1, -0.05) is 66.5 Å². The Morgan fingerprint density at radius 1 is 0.838 bits per heavy atom. The molecule has 0 aliphatic rings. The average Bonchev–Trinajstić information content (AvgIpc) is 2.93. The van der Waals surface area contributed by atoms with Crippen LogP contribution in [0.4, 0.5) is 0 Å². The highest BCUT2D eigenvalue weighted by atomic mass is 79.9. The summed E-state index contributed by atoms with van der Waals surface area (Å²) in [6.07, 6.45) is 2.56. The highest BCUT2D eigenvalue weighted by Crippen LogP contribution is 2.26. The van der Waals surface area contributed by atoms with Gasteiger partial charge in [0.2, 0.25) is 0 Å². The van der Waals surface area contributed by atoms with Crippen molar-refractivity contribution in [2.24, 2.45) is 5.92 Å². The number of halogens is 1. The average molecular weight is 567 g/mol. The molecule has 37 heavy (non-hydrogen) atoms. The Kier molecular flexibility index (Phi) is 10.9. The quantitative estimate of drug-likeness (QED) is 0.0738. The van der Waals surface area contributed by atoms with Crippen molar-refractivity contribution in [3.63, 3.8) is 0 Å². The lowest BCUT2D eigenvalue weighted by atomic mass is 10.1. The Hall–Kier alpha value is -3.42. The zero-order valence-electron chi connectivity index (χ0n) is 21.0. The van der Waals surface area contributed by atoms with E-state index in [2.05, 4.69) is 22.5 Å². The van der Waals surface area contributed by atoms with Crippen molar-refractivity contribution in [1.29, 1.82) is 0 Å². The molecule has 7 heteroatoms. The molecule has 0 radical (unpaired) electrons. The van der Waals surface area contributed by atoms with E-state index in [1.54, 1.807) is 54.6 Å². The molecule has 0 N–H and O–H groups in total. The molecule has 194 valence electrons. The van der Waals surface area contributed by atoms with Gasteiger partial charge in [-0.2, -0.15) is 0 Å². The summed E-state index contributed by atoms with van der Waals surface area (Å²) in [7, 11) is 0. The van der Waals surface area contributed by atoms with E-state index in [1.807, 2.05) is 38.1 Å². The van der Waals surface area contributed by atoms with Gasteiger partial charge in [0, 0.05) is 0 Å². The van der Waals surface area contributed by atoms with Gasteiger partial charge in [-0.05, 0) is 65.6 Å². The van der Waals surface area contributed by atoms with E-state index < -0.39 is 5.97 Å². The van der Waals surface area contributed by atoms with Gasteiger partial charge < -0.3 is 18.9 Å². The van der Waals surface area contributed by atoms with Gasteiger partial charge in [-0.3, -0.25) is 4.79 Å². The van der Waals surface area contributed by atoms with Gasteiger partial charge in [-0.25, -0.2) is 4.79 Å². The van der Waals surface area contributed by atoms with Crippen molar-refractivity contribution in [1.82, 2.24) is 0 Å². The van der Waals surface area contributed by atoms with Gasteiger partial charge in [0.05, 0.1) is 18.8 Å².